The molecule has 4 nitrogen and oxygen atoms in total. The van der Waals surface area contributed by atoms with Crippen LogP contribution in [-0.2, 0) is 0 Å². The second kappa shape index (κ2) is 5.90. The van der Waals surface area contributed by atoms with Crippen molar-refractivity contribution in [2.24, 2.45) is 11.8 Å². The normalized spacial score (nSPS) is 21.8. The third-order valence-corrected chi connectivity index (χ3v) is 4.68. The fourth-order valence-corrected chi connectivity index (χ4v) is 3.38. The molecule has 3 rings (SSSR count). The summed E-state index contributed by atoms with van der Waals surface area (Å²) in [6, 6.07) is 6.05. The lowest BCUT2D eigenvalue weighted by atomic mass is 9.96. The Morgan fingerprint density at radius 2 is 2.10 bits per heavy atom. The van der Waals surface area contributed by atoms with Gasteiger partial charge in [-0.1, -0.05) is 6.42 Å². The van der Waals surface area contributed by atoms with Crippen LogP contribution in [0.15, 0.2) is 24.4 Å². The number of rotatable bonds is 4. The fourth-order valence-electron chi connectivity index (χ4n) is 3.38. The number of nitrogens with one attached hydrogen (secondary N) is 1. The Bertz CT molecular complexity index is 641. The number of pyridine rings is 1. The molecule has 0 spiro atoms. The van der Waals surface area contributed by atoms with E-state index in [1.54, 1.807) is 0 Å². The molecule has 0 amide bonds. The molecule has 4 heteroatoms. The van der Waals surface area contributed by atoms with Gasteiger partial charge in [0.25, 0.3) is 0 Å². The summed E-state index contributed by atoms with van der Waals surface area (Å²) in [5.74, 6) is 1.01. The van der Waals surface area contributed by atoms with Crippen LogP contribution in [-0.4, -0.2) is 23.2 Å². The van der Waals surface area contributed by atoms with Gasteiger partial charge in [0.15, 0.2) is 0 Å². The Balaban J connectivity index is 1.84. The standard InChI is InChI=1S/C17H23N3O/c1-11-7-14-15(9-19-11)16(18)5-6-17(14)20-8-12-3-2-4-13(12)10-21/h5-7,9,12-13,20-21H,2-4,8,10,18H2,1H3. The molecule has 0 radical (unpaired) electrons. The first-order valence-electron chi connectivity index (χ1n) is 7.68. The van der Waals surface area contributed by atoms with Gasteiger partial charge < -0.3 is 16.2 Å². The zero-order valence-electron chi connectivity index (χ0n) is 12.5. The minimum Gasteiger partial charge on any atom is -0.398 e. The number of hydrogen-bond acceptors (Lipinski definition) is 4. The van der Waals surface area contributed by atoms with Crippen LogP contribution in [0.2, 0.25) is 0 Å². The van der Waals surface area contributed by atoms with Crippen molar-refractivity contribution >= 4 is 22.1 Å². The first-order chi connectivity index (χ1) is 10.2. The van der Waals surface area contributed by atoms with Crippen molar-refractivity contribution in [1.82, 2.24) is 4.98 Å². The minimum atomic E-state index is 0.303. The van der Waals surface area contributed by atoms with Gasteiger partial charge in [-0.3, -0.25) is 4.98 Å². The fraction of sp³-hybridized carbons (Fsp3) is 0.471. The number of hydrogen-bond donors (Lipinski definition) is 3. The van der Waals surface area contributed by atoms with E-state index in [1.165, 1.54) is 12.8 Å². The Morgan fingerprint density at radius 1 is 1.29 bits per heavy atom. The SMILES string of the molecule is Cc1cc2c(NCC3CCCC3CO)ccc(N)c2cn1. The number of nitrogens with zero attached hydrogens (tertiary/aromatic N) is 1. The number of fused-ring (bicyclic) bond motifs is 1. The second-order valence-electron chi connectivity index (χ2n) is 6.09. The van der Waals surface area contributed by atoms with E-state index >= 15 is 0 Å². The Kier molecular flexibility index (Phi) is 3.97. The molecule has 21 heavy (non-hydrogen) atoms. The van der Waals surface area contributed by atoms with Crippen LogP contribution >= 0.6 is 0 Å². The zero-order valence-corrected chi connectivity index (χ0v) is 12.5. The quantitative estimate of drug-likeness (QED) is 0.755. The average molecular weight is 285 g/mol. The third-order valence-electron chi connectivity index (χ3n) is 4.68. The van der Waals surface area contributed by atoms with E-state index in [0.29, 0.717) is 18.4 Å². The summed E-state index contributed by atoms with van der Waals surface area (Å²) in [7, 11) is 0. The molecule has 1 aromatic carbocycles. The minimum absolute atomic E-state index is 0.303. The van der Waals surface area contributed by atoms with E-state index in [4.69, 9.17) is 5.73 Å². The largest absolute Gasteiger partial charge is 0.398 e. The molecule has 0 saturated heterocycles. The van der Waals surface area contributed by atoms with E-state index in [-0.39, 0.29) is 0 Å². The molecule has 1 aliphatic rings. The maximum absolute atomic E-state index is 9.43. The summed E-state index contributed by atoms with van der Waals surface area (Å²) in [6.07, 6.45) is 5.42. The molecular weight excluding hydrogens is 262 g/mol. The summed E-state index contributed by atoms with van der Waals surface area (Å²) >= 11 is 0. The van der Waals surface area contributed by atoms with Gasteiger partial charge in [0.2, 0.25) is 0 Å². The monoisotopic (exact) mass is 285 g/mol. The van der Waals surface area contributed by atoms with E-state index in [1.807, 2.05) is 25.3 Å². The van der Waals surface area contributed by atoms with Crippen LogP contribution in [0.4, 0.5) is 11.4 Å². The number of aliphatic hydroxyl groups excluding tert-OH is 1. The Morgan fingerprint density at radius 3 is 2.90 bits per heavy atom. The highest BCUT2D eigenvalue weighted by Crippen LogP contribution is 2.33. The lowest BCUT2D eigenvalue weighted by Crippen LogP contribution is -2.20. The molecule has 112 valence electrons. The molecular formula is C17H23N3O. The number of nitrogens with two attached hydrogens (primary N) is 1. The van der Waals surface area contributed by atoms with Gasteiger partial charge in [-0.15, -0.1) is 0 Å². The number of aliphatic hydroxyl groups is 1. The Hall–Kier alpha value is -1.81. The molecule has 1 fully saturated rings. The van der Waals surface area contributed by atoms with Crippen LogP contribution in [0.3, 0.4) is 0 Å². The number of aromatic nitrogens is 1. The van der Waals surface area contributed by atoms with Crippen LogP contribution < -0.4 is 11.1 Å². The number of anilines is 2. The lowest BCUT2D eigenvalue weighted by Gasteiger charge is -2.19. The van der Waals surface area contributed by atoms with Crippen molar-refractivity contribution in [3.63, 3.8) is 0 Å². The summed E-state index contributed by atoms with van der Waals surface area (Å²) in [4.78, 5) is 4.33. The zero-order chi connectivity index (χ0) is 14.8. The summed E-state index contributed by atoms with van der Waals surface area (Å²) < 4.78 is 0. The van der Waals surface area contributed by atoms with Gasteiger partial charge >= 0.3 is 0 Å². The van der Waals surface area contributed by atoms with Crippen LogP contribution in [0.5, 0.6) is 0 Å². The van der Waals surface area contributed by atoms with E-state index in [2.05, 4.69) is 16.4 Å². The van der Waals surface area contributed by atoms with E-state index in [0.717, 1.165) is 40.8 Å². The van der Waals surface area contributed by atoms with Gasteiger partial charge in [-0.2, -0.15) is 0 Å². The average Bonchev–Trinajstić information content (AvgIpc) is 2.94. The van der Waals surface area contributed by atoms with Gasteiger partial charge in [0.05, 0.1) is 0 Å². The van der Waals surface area contributed by atoms with Crippen LogP contribution in [0, 0.1) is 18.8 Å². The van der Waals surface area contributed by atoms with Gasteiger partial charge in [-0.25, -0.2) is 0 Å². The number of aryl methyl sites for hydroxylation is 1. The van der Waals surface area contributed by atoms with Gasteiger partial charge in [-0.05, 0) is 49.8 Å². The molecule has 2 aromatic rings. The molecule has 2 unspecified atom stereocenters. The van der Waals surface area contributed by atoms with Crippen molar-refractivity contribution in [3.8, 4) is 0 Å². The third kappa shape index (κ3) is 2.81. The van der Waals surface area contributed by atoms with Crippen molar-refractivity contribution in [2.75, 3.05) is 24.2 Å². The molecule has 1 heterocycles. The first kappa shape index (κ1) is 14.1. The van der Waals surface area contributed by atoms with E-state index < -0.39 is 0 Å². The highest BCUT2D eigenvalue weighted by Gasteiger charge is 2.26. The highest BCUT2D eigenvalue weighted by molar-refractivity contribution is 6.00. The topological polar surface area (TPSA) is 71.2 Å². The Labute approximate surface area is 125 Å². The molecule has 0 aliphatic heterocycles. The summed E-state index contributed by atoms with van der Waals surface area (Å²) in [5.41, 5.74) is 8.89. The number of benzene rings is 1. The van der Waals surface area contributed by atoms with Crippen LogP contribution in [0.1, 0.15) is 25.0 Å². The predicted molar refractivity (Wildman–Crippen MR) is 87.3 cm³/mol. The van der Waals surface area contributed by atoms with Crippen molar-refractivity contribution < 1.29 is 5.11 Å². The summed E-state index contributed by atoms with van der Waals surface area (Å²) in [6.45, 7) is 3.20. The second-order valence-corrected chi connectivity index (χ2v) is 6.09. The molecule has 0 bridgehead atoms. The number of nitrogen functional groups attached to an aromatic ring is 1. The van der Waals surface area contributed by atoms with Crippen molar-refractivity contribution in [3.05, 3.63) is 30.1 Å². The molecule has 1 aliphatic carbocycles. The maximum atomic E-state index is 9.43. The predicted octanol–water partition coefficient (Wildman–Crippen LogP) is 2.95. The summed E-state index contributed by atoms with van der Waals surface area (Å²) in [5, 5.41) is 15.1. The molecule has 1 saturated carbocycles. The van der Waals surface area contributed by atoms with Gasteiger partial charge in [0, 0.05) is 47.2 Å². The van der Waals surface area contributed by atoms with Crippen molar-refractivity contribution in [1.29, 1.82) is 0 Å². The van der Waals surface area contributed by atoms with E-state index in [9.17, 15) is 5.11 Å². The molecule has 2 atom stereocenters. The smallest absolute Gasteiger partial charge is 0.0462 e. The molecule has 1 aromatic heterocycles. The maximum Gasteiger partial charge on any atom is 0.0462 e. The van der Waals surface area contributed by atoms with Crippen LogP contribution in [0.25, 0.3) is 10.8 Å². The first-order valence-corrected chi connectivity index (χ1v) is 7.68. The molecule has 4 N–H and O–H groups in total. The van der Waals surface area contributed by atoms with Gasteiger partial charge in [0.1, 0.15) is 0 Å². The highest BCUT2D eigenvalue weighted by atomic mass is 16.3. The lowest BCUT2D eigenvalue weighted by molar-refractivity contribution is 0.199. The van der Waals surface area contributed by atoms with Crippen molar-refractivity contribution in [2.45, 2.75) is 26.2 Å².